The molecule has 6 atom stereocenters. The van der Waals surface area contributed by atoms with E-state index in [-0.39, 0.29) is 30.4 Å². The van der Waals surface area contributed by atoms with Crippen LogP contribution < -0.4 is 0 Å². The molecule has 1 unspecified atom stereocenters. The minimum absolute atomic E-state index is 0.0140. The topological polar surface area (TPSA) is 47.9 Å². The molecule has 0 aromatic heterocycles. The van der Waals surface area contributed by atoms with Crippen LogP contribution in [0.5, 0.6) is 0 Å². The summed E-state index contributed by atoms with van der Waals surface area (Å²) in [5, 5.41) is 10.0. The van der Waals surface area contributed by atoms with Gasteiger partial charge in [0.25, 0.3) is 0 Å². The van der Waals surface area contributed by atoms with Gasteiger partial charge in [0.05, 0.1) is 24.3 Å². The standard InChI is InChI=1S/C11H23BO4/c1-5-8-9(13)10(11(12)16-8)15-7(3)6(2)14-4/h6-11,13H,5,12H2,1-4H3/t6-,7-,8-,9+,10?,11-/m1/s1. The highest BCUT2D eigenvalue weighted by Gasteiger charge is 2.42. The van der Waals surface area contributed by atoms with Crippen LogP contribution in [0.4, 0.5) is 0 Å². The Hall–Kier alpha value is -0.0951. The van der Waals surface area contributed by atoms with Crippen molar-refractivity contribution in [1.29, 1.82) is 0 Å². The van der Waals surface area contributed by atoms with Crippen molar-refractivity contribution in [2.45, 2.75) is 63.7 Å². The quantitative estimate of drug-likeness (QED) is 0.671. The van der Waals surface area contributed by atoms with Gasteiger partial charge < -0.3 is 19.3 Å². The minimum atomic E-state index is -0.536. The monoisotopic (exact) mass is 230 g/mol. The molecule has 0 spiro atoms. The summed E-state index contributed by atoms with van der Waals surface area (Å²) in [7, 11) is 3.60. The van der Waals surface area contributed by atoms with Gasteiger partial charge in [-0.1, -0.05) is 6.92 Å². The molecule has 4 nitrogen and oxygen atoms in total. The highest BCUT2D eigenvalue weighted by Crippen LogP contribution is 2.25. The Bertz CT molecular complexity index is 214. The van der Waals surface area contributed by atoms with Crippen molar-refractivity contribution >= 4 is 7.85 Å². The normalized spacial score (nSPS) is 38.6. The third-order valence-corrected chi connectivity index (χ3v) is 3.38. The molecular weight excluding hydrogens is 207 g/mol. The Balaban J connectivity index is 2.53. The van der Waals surface area contributed by atoms with Gasteiger partial charge in [-0.2, -0.15) is 0 Å². The zero-order chi connectivity index (χ0) is 12.3. The summed E-state index contributed by atoms with van der Waals surface area (Å²) in [5.74, 6) is 0. The van der Waals surface area contributed by atoms with Crippen molar-refractivity contribution in [3.8, 4) is 0 Å². The molecule has 5 heteroatoms. The number of aliphatic hydroxyl groups is 1. The number of methoxy groups -OCH3 is 1. The maximum atomic E-state index is 10.0. The number of aliphatic hydroxyl groups excluding tert-OH is 1. The van der Waals surface area contributed by atoms with Gasteiger partial charge in [-0.15, -0.1) is 0 Å². The van der Waals surface area contributed by atoms with E-state index in [1.807, 2.05) is 28.6 Å². The van der Waals surface area contributed by atoms with Gasteiger partial charge >= 0.3 is 0 Å². The third kappa shape index (κ3) is 2.97. The molecule has 1 rings (SSSR count). The molecule has 0 radical (unpaired) electrons. The second kappa shape index (κ2) is 6.01. The van der Waals surface area contributed by atoms with E-state index >= 15 is 0 Å². The smallest absolute Gasteiger partial charge is 0.142 e. The molecular formula is C11H23BO4. The van der Waals surface area contributed by atoms with Crippen molar-refractivity contribution in [2.75, 3.05) is 7.11 Å². The fourth-order valence-corrected chi connectivity index (χ4v) is 2.00. The maximum Gasteiger partial charge on any atom is 0.142 e. The Morgan fingerprint density at radius 1 is 1.38 bits per heavy atom. The molecule has 1 aliphatic heterocycles. The van der Waals surface area contributed by atoms with E-state index in [0.717, 1.165) is 6.42 Å². The van der Waals surface area contributed by atoms with Gasteiger partial charge in [0, 0.05) is 7.11 Å². The summed E-state index contributed by atoms with van der Waals surface area (Å²) in [4.78, 5) is 0. The van der Waals surface area contributed by atoms with Gasteiger partial charge in [0.2, 0.25) is 0 Å². The van der Waals surface area contributed by atoms with E-state index < -0.39 is 6.10 Å². The Morgan fingerprint density at radius 2 is 2.00 bits per heavy atom. The SMILES string of the molecule is B[C@@H]1O[C@H](CC)[C@H](O)C1O[C@H](C)[C@@H](C)OC. The molecule has 1 saturated heterocycles. The lowest BCUT2D eigenvalue weighted by atomic mass is 9.92. The van der Waals surface area contributed by atoms with Crippen LogP contribution in [-0.4, -0.2) is 56.6 Å². The van der Waals surface area contributed by atoms with Crippen LogP contribution in [0.25, 0.3) is 0 Å². The summed E-state index contributed by atoms with van der Waals surface area (Å²) in [6.45, 7) is 5.91. The molecule has 0 amide bonds. The zero-order valence-electron chi connectivity index (χ0n) is 10.8. The third-order valence-electron chi connectivity index (χ3n) is 3.38. The Kier molecular flexibility index (Phi) is 5.24. The van der Waals surface area contributed by atoms with E-state index in [2.05, 4.69) is 0 Å². The predicted molar refractivity (Wildman–Crippen MR) is 64.3 cm³/mol. The Labute approximate surface area is 98.7 Å². The molecule has 0 aromatic carbocycles. The van der Waals surface area contributed by atoms with Crippen molar-refractivity contribution in [3.63, 3.8) is 0 Å². The maximum absolute atomic E-state index is 10.0. The van der Waals surface area contributed by atoms with Gasteiger partial charge in [-0.05, 0) is 20.3 Å². The summed E-state index contributed by atoms with van der Waals surface area (Å²) in [6.07, 6.45) is -0.125. The van der Waals surface area contributed by atoms with E-state index in [9.17, 15) is 5.11 Å². The number of rotatable bonds is 5. The number of ether oxygens (including phenoxy) is 3. The van der Waals surface area contributed by atoms with Crippen LogP contribution in [0.15, 0.2) is 0 Å². The molecule has 0 bridgehead atoms. The molecule has 1 aliphatic rings. The fourth-order valence-electron chi connectivity index (χ4n) is 2.00. The molecule has 94 valence electrons. The van der Waals surface area contributed by atoms with Gasteiger partial charge in [-0.25, -0.2) is 0 Å². The van der Waals surface area contributed by atoms with E-state index in [0.29, 0.717) is 0 Å². The van der Waals surface area contributed by atoms with Crippen LogP contribution >= 0.6 is 0 Å². The van der Waals surface area contributed by atoms with Gasteiger partial charge in [-0.3, -0.25) is 0 Å². The first-order valence-electron chi connectivity index (χ1n) is 6.03. The summed E-state index contributed by atoms with van der Waals surface area (Å²) >= 11 is 0. The molecule has 0 aliphatic carbocycles. The lowest BCUT2D eigenvalue weighted by Gasteiger charge is -2.26. The fraction of sp³-hybridized carbons (Fsp3) is 1.00. The highest BCUT2D eigenvalue weighted by atomic mass is 16.6. The van der Waals surface area contributed by atoms with Crippen LogP contribution in [0.1, 0.15) is 27.2 Å². The first kappa shape index (κ1) is 14.0. The van der Waals surface area contributed by atoms with E-state index in [4.69, 9.17) is 14.2 Å². The minimum Gasteiger partial charge on any atom is -0.388 e. The van der Waals surface area contributed by atoms with Crippen molar-refractivity contribution in [2.24, 2.45) is 0 Å². The van der Waals surface area contributed by atoms with Crippen LogP contribution in [-0.2, 0) is 14.2 Å². The zero-order valence-corrected chi connectivity index (χ0v) is 10.8. The molecule has 1 N–H and O–H groups in total. The van der Waals surface area contributed by atoms with Gasteiger partial charge in [0.15, 0.2) is 0 Å². The molecule has 0 saturated carbocycles. The summed E-state index contributed by atoms with van der Waals surface area (Å²) in [5.41, 5.74) is 0. The molecule has 1 fully saturated rings. The number of hydrogen-bond donors (Lipinski definition) is 1. The average molecular weight is 230 g/mol. The Morgan fingerprint density at radius 3 is 2.44 bits per heavy atom. The molecule has 16 heavy (non-hydrogen) atoms. The second-order valence-electron chi connectivity index (χ2n) is 4.53. The second-order valence-corrected chi connectivity index (χ2v) is 4.53. The number of hydrogen-bond acceptors (Lipinski definition) is 4. The van der Waals surface area contributed by atoms with Gasteiger partial charge in [0.1, 0.15) is 20.1 Å². The first-order chi connectivity index (χ1) is 7.51. The molecule has 0 aromatic rings. The summed E-state index contributed by atoms with van der Waals surface area (Å²) in [6, 6.07) is -0.0635. The van der Waals surface area contributed by atoms with E-state index in [1.54, 1.807) is 7.11 Å². The lowest BCUT2D eigenvalue weighted by Crippen LogP contribution is -2.40. The average Bonchev–Trinajstić information content (AvgIpc) is 2.55. The summed E-state index contributed by atoms with van der Waals surface area (Å²) < 4.78 is 16.7. The van der Waals surface area contributed by atoms with Crippen LogP contribution in [0.2, 0.25) is 0 Å². The van der Waals surface area contributed by atoms with Crippen LogP contribution in [0.3, 0.4) is 0 Å². The molecule has 1 heterocycles. The predicted octanol–water partition coefficient (Wildman–Crippen LogP) is -0.0761. The highest BCUT2D eigenvalue weighted by molar-refractivity contribution is 6.11. The largest absolute Gasteiger partial charge is 0.388 e. The van der Waals surface area contributed by atoms with Crippen molar-refractivity contribution in [3.05, 3.63) is 0 Å². The lowest BCUT2D eigenvalue weighted by molar-refractivity contribution is -0.104. The van der Waals surface area contributed by atoms with E-state index in [1.165, 1.54) is 0 Å². The van der Waals surface area contributed by atoms with Crippen molar-refractivity contribution < 1.29 is 19.3 Å². The van der Waals surface area contributed by atoms with Crippen molar-refractivity contribution in [1.82, 2.24) is 0 Å². The van der Waals surface area contributed by atoms with Crippen LogP contribution in [0, 0.1) is 0 Å². The first-order valence-corrected chi connectivity index (χ1v) is 6.03.